The molecule has 0 amide bonds. The predicted octanol–water partition coefficient (Wildman–Crippen LogP) is 2.77. The quantitative estimate of drug-likeness (QED) is 0.635. The third-order valence-electron chi connectivity index (χ3n) is 3.00. The van der Waals surface area contributed by atoms with Gasteiger partial charge in [0.05, 0.1) is 14.2 Å². The van der Waals surface area contributed by atoms with E-state index in [0.717, 1.165) is 22.2 Å². The third-order valence-corrected chi connectivity index (χ3v) is 3.66. The Hall–Kier alpha value is -1.86. The van der Waals surface area contributed by atoms with Crippen LogP contribution in [-0.4, -0.2) is 24.2 Å². The van der Waals surface area contributed by atoms with Crippen molar-refractivity contribution in [2.75, 3.05) is 19.6 Å². The van der Waals surface area contributed by atoms with Crippen molar-refractivity contribution in [3.63, 3.8) is 0 Å². The molecule has 0 aliphatic carbocycles. The van der Waals surface area contributed by atoms with E-state index in [4.69, 9.17) is 15.3 Å². The monoisotopic (exact) mass is 352 g/mol. The molecule has 7 heteroatoms. The number of halogens is 1. The normalized spacial score (nSPS) is 10.3. The number of aromatic nitrogens is 2. The van der Waals surface area contributed by atoms with E-state index in [9.17, 15) is 0 Å². The third kappa shape index (κ3) is 3.25. The van der Waals surface area contributed by atoms with Crippen molar-refractivity contribution in [3.8, 4) is 22.9 Å². The molecule has 1 heterocycles. The van der Waals surface area contributed by atoms with E-state index >= 15 is 0 Å². The zero-order valence-electron chi connectivity index (χ0n) is 12.1. The molecular weight excluding hydrogens is 336 g/mol. The first-order chi connectivity index (χ1) is 10.1. The van der Waals surface area contributed by atoms with Gasteiger partial charge in [0.2, 0.25) is 0 Å². The summed E-state index contributed by atoms with van der Waals surface area (Å²) >= 11 is 3.51. The molecule has 0 saturated heterocycles. The van der Waals surface area contributed by atoms with Crippen LogP contribution >= 0.6 is 15.9 Å². The lowest BCUT2D eigenvalue weighted by atomic mass is 10.1. The van der Waals surface area contributed by atoms with Gasteiger partial charge in [0.25, 0.3) is 0 Å². The summed E-state index contributed by atoms with van der Waals surface area (Å²) in [6, 6.07) is 5.47. The number of benzene rings is 1. The highest BCUT2D eigenvalue weighted by Gasteiger charge is 2.14. The maximum atomic E-state index is 5.46. The number of anilines is 1. The van der Waals surface area contributed by atoms with Crippen LogP contribution in [0.3, 0.4) is 0 Å². The number of nitrogens with one attached hydrogen (secondary N) is 1. The first-order valence-electron chi connectivity index (χ1n) is 6.39. The van der Waals surface area contributed by atoms with Crippen molar-refractivity contribution in [1.82, 2.24) is 9.97 Å². The van der Waals surface area contributed by atoms with Gasteiger partial charge in [-0.15, -0.1) is 0 Å². The van der Waals surface area contributed by atoms with E-state index in [0.29, 0.717) is 23.1 Å². The van der Waals surface area contributed by atoms with E-state index in [1.54, 1.807) is 14.2 Å². The number of methoxy groups -OCH3 is 2. The molecule has 0 radical (unpaired) electrons. The Labute approximate surface area is 131 Å². The van der Waals surface area contributed by atoms with E-state index in [1.807, 2.05) is 25.1 Å². The van der Waals surface area contributed by atoms with Gasteiger partial charge in [-0.05, 0) is 34.5 Å². The number of nitrogen functional groups attached to an aromatic ring is 1. The summed E-state index contributed by atoms with van der Waals surface area (Å²) in [7, 11) is 3.18. The maximum Gasteiger partial charge on any atom is 0.163 e. The Morgan fingerprint density at radius 1 is 1.14 bits per heavy atom. The van der Waals surface area contributed by atoms with Crippen LogP contribution in [0.1, 0.15) is 12.6 Å². The zero-order chi connectivity index (χ0) is 15.4. The largest absolute Gasteiger partial charge is 0.493 e. The van der Waals surface area contributed by atoms with Gasteiger partial charge in [0.1, 0.15) is 5.82 Å². The smallest absolute Gasteiger partial charge is 0.163 e. The first kappa shape index (κ1) is 15.5. The summed E-state index contributed by atoms with van der Waals surface area (Å²) in [5, 5.41) is 0. The Morgan fingerprint density at radius 3 is 2.38 bits per heavy atom. The number of ether oxygens (including phenoxy) is 2. The summed E-state index contributed by atoms with van der Waals surface area (Å²) in [6.07, 6.45) is 0.787. The van der Waals surface area contributed by atoms with Crippen LogP contribution in [0.4, 0.5) is 5.82 Å². The van der Waals surface area contributed by atoms with Gasteiger partial charge >= 0.3 is 0 Å². The van der Waals surface area contributed by atoms with Gasteiger partial charge in [-0.1, -0.05) is 6.92 Å². The topological polar surface area (TPSA) is 82.3 Å². The van der Waals surface area contributed by atoms with Gasteiger partial charge < -0.3 is 14.9 Å². The summed E-state index contributed by atoms with van der Waals surface area (Å²) < 4.78 is 11.4. The molecule has 2 rings (SSSR count). The van der Waals surface area contributed by atoms with Crippen LogP contribution in [0.2, 0.25) is 0 Å². The highest BCUT2D eigenvalue weighted by atomic mass is 79.9. The summed E-state index contributed by atoms with van der Waals surface area (Å²) in [4.78, 5) is 8.92. The van der Waals surface area contributed by atoms with Crippen LogP contribution in [-0.2, 0) is 6.42 Å². The first-order valence-corrected chi connectivity index (χ1v) is 7.18. The molecule has 21 heavy (non-hydrogen) atoms. The fourth-order valence-corrected chi connectivity index (χ4v) is 2.40. The molecule has 1 aromatic heterocycles. The van der Waals surface area contributed by atoms with Crippen molar-refractivity contribution in [2.45, 2.75) is 13.3 Å². The number of hydrogen-bond acceptors (Lipinski definition) is 6. The molecule has 0 aliphatic rings. The highest BCUT2D eigenvalue weighted by molar-refractivity contribution is 9.10. The van der Waals surface area contributed by atoms with Crippen molar-refractivity contribution >= 4 is 21.7 Å². The van der Waals surface area contributed by atoms with Crippen molar-refractivity contribution < 1.29 is 9.47 Å². The van der Waals surface area contributed by atoms with E-state index in [-0.39, 0.29) is 0 Å². The Bertz CT molecular complexity index is 627. The average molecular weight is 353 g/mol. The van der Waals surface area contributed by atoms with Crippen LogP contribution < -0.4 is 20.7 Å². The van der Waals surface area contributed by atoms with Crippen molar-refractivity contribution in [1.29, 1.82) is 0 Å². The summed E-state index contributed by atoms with van der Waals surface area (Å²) in [6.45, 7) is 2.02. The molecular formula is C14H17BrN4O2. The van der Waals surface area contributed by atoms with Gasteiger partial charge in [0.15, 0.2) is 17.3 Å². The highest BCUT2D eigenvalue weighted by Crippen LogP contribution is 2.37. The molecule has 0 fully saturated rings. The number of nitrogens with two attached hydrogens (primary N) is 1. The molecule has 0 bridgehead atoms. The van der Waals surface area contributed by atoms with E-state index in [1.165, 1.54) is 0 Å². The van der Waals surface area contributed by atoms with Crippen molar-refractivity contribution in [3.05, 3.63) is 28.4 Å². The summed E-state index contributed by atoms with van der Waals surface area (Å²) in [5.41, 5.74) is 4.26. The standard InChI is InChI=1S/C14H17BrN4O2/c1-4-8-5-13(19-16)18-14(17-8)9-6-11(20-2)12(21-3)7-10(9)15/h5-7H,4,16H2,1-3H3,(H,17,18,19). The fourth-order valence-electron chi connectivity index (χ4n) is 1.90. The lowest BCUT2D eigenvalue weighted by molar-refractivity contribution is 0.355. The molecule has 2 aromatic rings. The molecule has 0 spiro atoms. The fraction of sp³-hybridized carbons (Fsp3) is 0.286. The molecule has 3 N–H and O–H groups in total. The molecule has 1 aromatic carbocycles. The molecule has 112 valence electrons. The van der Waals surface area contributed by atoms with E-state index < -0.39 is 0 Å². The molecule has 0 atom stereocenters. The second kappa shape index (κ2) is 6.73. The van der Waals surface area contributed by atoms with Crippen LogP contribution in [0.5, 0.6) is 11.5 Å². The predicted molar refractivity (Wildman–Crippen MR) is 85.5 cm³/mol. The second-order valence-corrected chi connectivity index (χ2v) is 5.11. The minimum absolute atomic E-state index is 0.565. The lowest BCUT2D eigenvalue weighted by Crippen LogP contribution is -2.10. The molecule has 0 saturated carbocycles. The molecule has 6 nitrogen and oxygen atoms in total. The van der Waals surface area contributed by atoms with E-state index in [2.05, 4.69) is 31.3 Å². The van der Waals surface area contributed by atoms with Gasteiger partial charge in [-0.25, -0.2) is 15.8 Å². The number of hydrazine groups is 1. The maximum absolute atomic E-state index is 5.46. The Morgan fingerprint density at radius 2 is 1.81 bits per heavy atom. The Balaban J connectivity index is 2.60. The minimum Gasteiger partial charge on any atom is -0.493 e. The molecule has 0 unspecified atom stereocenters. The Kier molecular flexibility index (Phi) is 4.98. The number of nitrogens with zero attached hydrogens (tertiary/aromatic N) is 2. The van der Waals surface area contributed by atoms with Gasteiger partial charge in [-0.2, -0.15) is 0 Å². The van der Waals surface area contributed by atoms with Crippen LogP contribution in [0.25, 0.3) is 11.4 Å². The van der Waals surface area contributed by atoms with Crippen LogP contribution in [0, 0.1) is 0 Å². The van der Waals surface area contributed by atoms with Gasteiger partial charge in [-0.3, -0.25) is 0 Å². The van der Waals surface area contributed by atoms with Gasteiger partial charge in [0, 0.05) is 21.8 Å². The average Bonchev–Trinajstić information content (AvgIpc) is 2.53. The van der Waals surface area contributed by atoms with Crippen molar-refractivity contribution in [2.24, 2.45) is 5.84 Å². The number of hydrogen-bond donors (Lipinski definition) is 2. The number of aryl methyl sites for hydroxylation is 1. The van der Waals surface area contributed by atoms with Crippen LogP contribution in [0.15, 0.2) is 22.7 Å². The second-order valence-electron chi connectivity index (χ2n) is 4.25. The minimum atomic E-state index is 0.565. The zero-order valence-corrected chi connectivity index (χ0v) is 13.7. The summed E-state index contributed by atoms with van der Waals surface area (Å²) in [5.74, 6) is 7.85. The SMILES string of the molecule is CCc1cc(NN)nc(-c2cc(OC)c(OC)cc2Br)n1. The number of rotatable bonds is 5. The molecule has 0 aliphatic heterocycles. The lowest BCUT2D eigenvalue weighted by Gasteiger charge is -2.12.